The minimum atomic E-state index is 0.267. The number of hydrogen-bond acceptors (Lipinski definition) is 5. The quantitative estimate of drug-likeness (QED) is 0.871. The van der Waals surface area contributed by atoms with Crippen LogP contribution >= 0.6 is 11.8 Å². The largest absolute Gasteiger partial charge is 0.464 e. The van der Waals surface area contributed by atoms with Gasteiger partial charge in [0.05, 0.1) is 19.3 Å². The van der Waals surface area contributed by atoms with Crippen molar-refractivity contribution in [3.8, 4) is 0 Å². The average molecular weight is 324 g/mol. The molecule has 4 nitrogen and oxygen atoms in total. The van der Waals surface area contributed by atoms with Crippen molar-refractivity contribution in [2.45, 2.75) is 38.3 Å². The van der Waals surface area contributed by atoms with Crippen molar-refractivity contribution in [3.05, 3.63) is 23.7 Å². The van der Waals surface area contributed by atoms with Gasteiger partial charge in [-0.2, -0.15) is 11.8 Å². The monoisotopic (exact) mass is 324 g/mol. The number of morpholine rings is 1. The fourth-order valence-corrected chi connectivity index (χ4v) is 4.87. The third-order valence-corrected chi connectivity index (χ3v) is 6.19. The van der Waals surface area contributed by atoms with Gasteiger partial charge in [-0.15, -0.1) is 0 Å². The number of nitrogens with zero attached hydrogens (tertiary/aromatic N) is 1. The fourth-order valence-electron chi connectivity index (χ4n) is 3.40. The van der Waals surface area contributed by atoms with Crippen molar-refractivity contribution < 1.29 is 9.15 Å². The zero-order valence-corrected chi connectivity index (χ0v) is 14.6. The highest BCUT2D eigenvalue weighted by molar-refractivity contribution is 7.99. The van der Waals surface area contributed by atoms with Crippen LogP contribution in [0.2, 0.25) is 0 Å². The van der Waals surface area contributed by atoms with Crippen LogP contribution in [-0.2, 0) is 11.2 Å². The molecule has 3 rings (SSSR count). The van der Waals surface area contributed by atoms with Crippen LogP contribution in [0.4, 0.5) is 0 Å². The van der Waals surface area contributed by atoms with E-state index in [1.807, 2.05) is 0 Å². The first-order chi connectivity index (χ1) is 10.7. The maximum atomic E-state index is 5.89. The van der Waals surface area contributed by atoms with E-state index >= 15 is 0 Å². The van der Waals surface area contributed by atoms with Crippen molar-refractivity contribution in [2.75, 3.05) is 44.4 Å². The van der Waals surface area contributed by atoms with Crippen LogP contribution in [0.3, 0.4) is 0 Å². The van der Waals surface area contributed by atoms with Gasteiger partial charge < -0.3 is 14.5 Å². The summed E-state index contributed by atoms with van der Waals surface area (Å²) in [5.74, 6) is 4.63. The first-order valence-corrected chi connectivity index (χ1v) is 9.61. The Bertz CT molecular complexity index is 465. The SMILES string of the molecule is CCc1ccc([C@@H](C)NC[C@@]2(N3CCOCC3)CCSC2)o1. The zero-order valence-electron chi connectivity index (χ0n) is 13.8. The van der Waals surface area contributed by atoms with Crippen LogP contribution in [0.1, 0.15) is 37.8 Å². The summed E-state index contributed by atoms with van der Waals surface area (Å²) in [5, 5.41) is 3.73. The molecule has 1 aromatic heterocycles. The van der Waals surface area contributed by atoms with Crippen molar-refractivity contribution in [2.24, 2.45) is 0 Å². The lowest BCUT2D eigenvalue weighted by Crippen LogP contribution is -2.58. The second-order valence-corrected chi connectivity index (χ2v) is 7.49. The van der Waals surface area contributed by atoms with Gasteiger partial charge in [0.2, 0.25) is 0 Å². The molecule has 0 bridgehead atoms. The van der Waals surface area contributed by atoms with Gasteiger partial charge in [-0.1, -0.05) is 6.92 Å². The molecule has 2 saturated heterocycles. The van der Waals surface area contributed by atoms with E-state index in [4.69, 9.17) is 9.15 Å². The van der Waals surface area contributed by atoms with Gasteiger partial charge in [0.1, 0.15) is 11.5 Å². The summed E-state index contributed by atoms with van der Waals surface area (Å²) in [6.07, 6.45) is 2.23. The van der Waals surface area contributed by atoms with Gasteiger partial charge in [-0.3, -0.25) is 4.90 Å². The number of ether oxygens (including phenoxy) is 1. The van der Waals surface area contributed by atoms with E-state index in [9.17, 15) is 0 Å². The summed E-state index contributed by atoms with van der Waals surface area (Å²) in [4.78, 5) is 2.65. The Morgan fingerprint density at radius 2 is 2.18 bits per heavy atom. The van der Waals surface area contributed by atoms with E-state index in [0.717, 1.165) is 50.8 Å². The topological polar surface area (TPSA) is 37.6 Å². The number of hydrogen-bond donors (Lipinski definition) is 1. The van der Waals surface area contributed by atoms with Gasteiger partial charge in [-0.25, -0.2) is 0 Å². The van der Waals surface area contributed by atoms with Gasteiger partial charge in [0.25, 0.3) is 0 Å². The van der Waals surface area contributed by atoms with Crippen molar-refractivity contribution in [1.82, 2.24) is 10.2 Å². The minimum absolute atomic E-state index is 0.267. The molecular formula is C17H28N2O2S. The zero-order chi connectivity index (χ0) is 15.4. The summed E-state index contributed by atoms with van der Waals surface area (Å²) < 4.78 is 11.4. The third-order valence-electron chi connectivity index (χ3n) is 4.96. The van der Waals surface area contributed by atoms with Crippen molar-refractivity contribution in [1.29, 1.82) is 0 Å². The highest BCUT2D eigenvalue weighted by Crippen LogP contribution is 2.34. The van der Waals surface area contributed by atoms with Crippen LogP contribution < -0.4 is 5.32 Å². The highest BCUT2D eigenvalue weighted by atomic mass is 32.2. The summed E-state index contributed by atoms with van der Waals surface area (Å²) in [6, 6.07) is 4.47. The van der Waals surface area contributed by atoms with Crippen LogP contribution in [0, 0.1) is 0 Å². The van der Waals surface area contributed by atoms with Gasteiger partial charge >= 0.3 is 0 Å². The summed E-state index contributed by atoms with van der Waals surface area (Å²) in [7, 11) is 0. The smallest absolute Gasteiger partial charge is 0.120 e. The molecule has 2 aliphatic rings. The predicted octanol–water partition coefficient (Wildman–Crippen LogP) is 2.70. The molecule has 2 fully saturated rings. The van der Waals surface area contributed by atoms with Gasteiger partial charge in [0.15, 0.2) is 0 Å². The van der Waals surface area contributed by atoms with Crippen LogP contribution in [-0.4, -0.2) is 54.8 Å². The molecule has 124 valence electrons. The standard InChI is InChI=1S/C17H28N2O2S/c1-3-15-4-5-16(21-15)14(2)18-12-17(6-11-22-13-17)19-7-9-20-10-8-19/h4-5,14,18H,3,6-13H2,1-2H3/t14-,17+/m1/s1. The van der Waals surface area contributed by atoms with Gasteiger partial charge in [-0.05, 0) is 31.2 Å². The third kappa shape index (κ3) is 3.53. The molecule has 0 spiro atoms. The number of nitrogens with one attached hydrogen (secondary N) is 1. The van der Waals surface area contributed by atoms with E-state index < -0.39 is 0 Å². The average Bonchev–Trinajstić information content (AvgIpc) is 3.23. The molecule has 0 saturated carbocycles. The van der Waals surface area contributed by atoms with E-state index in [0.29, 0.717) is 5.54 Å². The Kier molecular flexibility index (Phi) is 5.50. The number of rotatable bonds is 6. The molecule has 0 radical (unpaired) electrons. The molecule has 0 aromatic carbocycles. The number of furan rings is 1. The molecule has 1 aromatic rings. The molecule has 0 amide bonds. The van der Waals surface area contributed by atoms with Crippen molar-refractivity contribution >= 4 is 11.8 Å². The Balaban J connectivity index is 1.61. The second kappa shape index (κ2) is 7.39. The minimum Gasteiger partial charge on any atom is -0.464 e. The molecule has 2 atom stereocenters. The van der Waals surface area contributed by atoms with E-state index in [1.54, 1.807) is 0 Å². The molecule has 2 aliphatic heterocycles. The van der Waals surface area contributed by atoms with Crippen LogP contribution in [0.5, 0.6) is 0 Å². The number of aryl methyl sites for hydroxylation is 1. The molecule has 22 heavy (non-hydrogen) atoms. The first kappa shape index (κ1) is 16.4. The summed E-state index contributed by atoms with van der Waals surface area (Å²) >= 11 is 2.08. The van der Waals surface area contributed by atoms with E-state index in [-0.39, 0.29) is 6.04 Å². The summed E-state index contributed by atoms with van der Waals surface area (Å²) in [6.45, 7) is 9.25. The summed E-state index contributed by atoms with van der Waals surface area (Å²) in [5.41, 5.74) is 0.295. The Labute approximate surface area is 138 Å². The Morgan fingerprint density at radius 3 is 2.82 bits per heavy atom. The first-order valence-electron chi connectivity index (χ1n) is 8.46. The van der Waals surface area contributed by atoms with E-state index in [2.05, 4.69) is 48.0 Å². The molecule has 0 unspecified atom stereocenters. The van der Waals surface area contributed by atoms with E-state index in [1.165, 1.54) is 17.9 Å². The highest BCUT2D eigenvalue weighted by Gasteiger charge is 2.40. The fraction of sp³-hybridized carbons (Fsp3) is 0.765. The molecule has 5 heteroatoms. The lowest BCUT2D eigenvalue weighted by molar-refractivity contribution is -0.0141. The maximum Gasteiger partial charge on any atom is 0.120 e. The molecule has 3 heterocycles. The second-order valence-electron chi connectivity index (χ2n) is 6.39. The molecular weight excluding hydrogens is 296 g/mol. The number of thioether (sulfide) groups is 1. The normalized spacial score (nSPS) is 28.1. The molecule has 1 N–H and O–H groups in total. The lowest BCUT2D eigenvalue weighted by atomic mass is 9.95. The molecule has 0 aliphatic carbocycles. The van der Waals surface area contributed by atoms with Crippen LogP contribution in [0.25, 0.3) is 0 Å². The van der Waals surface area contributed by atoms with Crippen LogP contribution in [0.15, 0.2) is 16.5 Å². The van der Waals surface area contributed by atoms with Gasteiger partial charge in [0, 0.05) is 37.3 Å². The predicted molar refractivity (Wildman–Crippen MR) is 91.6 cm³/mol. The Morgan fingerprint density at radius 1 is 1.36 bits per heavy atom. The lowest BCUT2D eigenvalue weighted by Gasteiger charge is -2.43. The Hall–Kier alpha value is -0.490. The van der Waals surface area contributed by atoms with Crippen molar-refractivity contribution in [3.63, 3.8) is 0 Å². The maximum absolute atomic E-state index is 5.89.